The second kappa shape index (κ2) is 20.1. The fourth-order valence-corrected chi connectivity index (χ4v) is 30.9. The number of carboxylic acids is 1. The third-order valence-corrected chi connectivity index (χ3v) is 33.1. The van der Waals surface area contributed by atoms with Gasteiger partial charge in [-0.25, -0.2) is 4.79 Å². The number of rotatable bonds is 8. The summed E-state index contributed by atoms with van der Waals surface area (Å²) in [4.78, 5) is 26.1. The van der Waals surface area contributed by atoms with Gasteiger partial charge in [0.1, 0.15) is 41.2 Å². The minimum Gasteiger partial charge on any atom is -0.507 e. The standard InChI is InChI=1S/C78H104N2O13/c1-43-57(44(2)83)61(85)58-50(60(43)84)29-46(66(88)89)30-54(58)91-67-62(86)65(87)78(56(34-82)92-67)32-53-59-51(15-16-52(59)76(93-78)23-7-19-69(37-76)25-24-68(36-69)17-3-4-18-68)74(22-8-28-81)42-90-35-47-31-71-38-72(33-55(71)79-80-77(53,40-71)64(47)74)41-73-21-6-10-49(73)14-12-45-11-13-48-9-5-20-70(48)26-27-75(72,39-70)63(45)73/h15,29-30,45,47-49,53,55-56,62-65,67,79-82,84-87H,3-14,16-28,31-42H2,1-2H3,(H,88,89)/t45-,47-,48-,49+,53+,55-,56+,62+,63-,64+,65+,67+,69+,70-,71-,72+,73+,74-,75-,76+,77-,78+/m0/s1. The number of fused-ring (bicyclic) bond motifs is 3. The second-order valence-electron chi connectivity index (χ2n) is 36.3. The van der Waals surface area contributed by atoms with E-state index in [1.165, 1.54) is 178 Å². The number of aromatic hydroxyl groups is 2. The number of aliphatic hydroxyl groups excluding tert-OH is 4. The number of carbonyl (C=O) groups excluding carboxylic acids is 1. The fraction of sp³-hybridized carbons (Fsp3) is 0.795. The number of hydrazine groups is 1. The molecule has 0 unspecified atom stereocenters. The van der Waals surface area contributed by atoms with Crippen molar-refractivity contribution in [2.45, 2.75) is 273 Å². The summed E-state index contributed by atoms with van der Waals surface area (Å²) in [5.74, 6) is 0.296. The Bertz CT molecular complexity index is 3590. The molecule has 17 aliphatic rings. The van der Waals surface area contributed by atoms with Gasteiger partial charge in [-0.05, 0) is 302 Å². The number of phenolic OH excluding ortho intramolecular Hbond substituents is 2. The number of nitrogens with one attached hydrogen (secondary N) is 2. The lowest BCUT2D eigenvalue weighted by Crippen LogP contribution is -2.81. The van der Waals surface area contributed by atoms with Crippen molar-refractivity contribution in [1.82, 2.24) is 10.9 Å². The van der Waals surface area contributed by atoms with E-state index in [0.717, 1.165) is 75.0 Å². The molecule has 15 nitrogen and oxygen atoms in total. The molecular formula is C78H104N2O13. The number of allylic oxidation sites excluding steroid dienone is 1. The summed E-state index contributed by atoms with van der Waals surface area (Å²) in [5.41, 5.74) is 10.6. The maximum absolute atomic E-state index is 14.0. The topological polar surface area (TPSA) is 237 Å². The Hall–Kier alpha value is -3.64. The first-order chi connectivity index (χ1) is 44.7. The molecule has 4 aliphatic heterocycles. The molecule has 0 aromatic heterocycles. The molecule has 15 heteroatoms. The highest BCUT2D eigenvalue weighted by Crippen LogP contribution is 2.88. The van der Waals surface area contributed by atoms with Gasteiger partial charge in [0, 0.05) is 47.1 Å². The predicted molar refractivity (Wildman–Crippen MR) is 346 cm³/mol. The van der Waals surface area contributed by atoms with E-state index in [9.17, 15) is 45.3 Å². The van der Waals surface area contributed by atoms with Crippen LogP contribution in [0, 0.1) is 91.7 Å². The van der Waals surface area contributed by atoms with Gasteiger partial charge in [-0.3, -0.25) is 15.6 Å². The number of carboxylic acid groups (broad SMARTS) is 1. The Morgan fingerprint density at radius 3 is 2.35 bits per heavy atom. The smallest absolute Gasteiger partial charge is 0.335 e. The van der Waals surface area contributed by atoms with Crippen molar-refractivity contribution in [2.75, 3.05) is 26.4 Å². The van der Waals surface area contributed by atoms with Crippen LogP contribution in [0.4, 0.5) is 0 Å². The van der Waals surface area contributed by atoms with Crippen LogP contribution in [0.1, 0.15) is 245 Å². The first-order valence-corrected chi connectivity index (χ1v) is 37.7. The van der Waals surface area contributed by atoms with Gasteiger partial charge in [0.05, 0.1) is 35.3 Å². The van der Waals surface area contributed by atoms with Gasteiger partial charge in [0.2, 0.25) is 6.29 Å². The average Bonchev–Trinajstić information content (AvgIpc) is 1.52. The summed E-state index contributed by atoms with van der Waals surface area (Å²) in [6.45, 7) is 3.47. The SMILES string of the molecule is CC(=O)c1c(C)c(O)c2cc(C(=O)O)cc(O[C@@H]3O[C@H](CO)[C@]4(C[C@@H]5C6=C(CC=C6[C@]6(CCCO)COC[C@@H]7C[C@]89C[C@@]5(NN[C@H]8C[C@@]5(C9)C[C@]89CCC[C@@H]8CC[C@@H]8CC[C@@H]%10CCC[C@@]%10%11CC[C@]5(C%11)[C@@H]89)[C@H]76)[C@]5(CCC[C@]6(CCC7(CCCC7)C6)C5)O4)[C@H](O)[C@H]3O)c2c1O. The number of ketones is 1. The Morgan fingerprint density at radius 2 is 1.55 bits per heavy atom. The molecule has 15 fully saturated rings. The Morgan fingerprint density at radius 1 is 0.753 bits per heavy atom. The van der Waals surface area contributed by atoms with E-state index in [0.29, 0.717) is 54.1 Å². The van der Waals surface area contributed by atoms with Gasteiger partial charge in [-0.1, -0.05) is 31.8 Å². The van der Waals surface area contributed by atoms with Crippen LogP contribution in [0.15, 0.2) is 34.9 Å². The number of aromatic carboxylic acids is 1. The minimum atomic E-state index is -1.84. The Balaban J connectivity index is 0.775. The minimum absolute atomic E-state index is 0.0165. The molecule has 19 rings (SSSR count). The van der Waals surface area contributed by atoms with Gasteiger partial charge < -0.3 is 54.7 Å². The van der Waals surface area contributed by atoms with Gasteiger partial charge in [-0.15, -0.1) is 0 Å². The van der Waals surface area contributed by atoms with Gasteiger partial charge >= 0.3 is 5.97 Å². The van der Waals surface area contributed by atoms with Crippen LogP contribution >= 0.6 is 0 Å². The lowest BCUT2D eigenvalue weighted by Gasteiger charge is -2.72. The number of hydrogen-bond acceptors (Lipinski definition) is 14. The number of carbonyl (C=O) groups is 2. The molecule has 93 heavy (non-hydrogen) atoms. The molecule has 504 valence electrons. The van der Waals surface area contributed by atoms with Crippen LogP contribution in [-0.4, -0.2) is 121 Å². The number of hydrogen-bond donors (Lipinski definition) is 9. The first kappa shape index (κ1) is 60.5. The zero-order valence-electron chi connectivity index (χ0n) is 55.4. The highest BCUT2D eigenvalue weighted by molar-refractivity contribution is 6.11. The van der Waals surface area contributed by atoms with Crippen molar-refractivity contribution in [3.8, 4) is 17.2 Å². The van der Waals surface area contributed by atoms with E-state index in [1.54, 1.807) is 0 Å². The van der Waals surface area contributed by atoms with Gasteiger partial charge in [-0.2, -0.15) is 0 Å². The van der Waals surface area contributed by atoms with E-state index < -0.39 is 76.6 Å². The summed E-state index contributed by atoms with van der Waals surface area (Å²) in [6, 6.07) is 2.66. The Kier molecular flexibility index (Phi) is 13.1. The number of benzene rings is 2. The lowest BCUT2D eigenvalue weighted by molar-refractivity contribution is -0.349. The molecule has 4 bridgehead atoms. The van der Waals surface area contributed by atoms with Crippen LogP contribution in [0.2, 0.25) is 0 Å². The molecule has 3 saturated heterocycles. The highest BCUT2D eigenvalue weighted by Gasteiger charge is 2.83. The molecule has 12 saturated carbocycles. The van der Waals surface area contributed by atoms with E-state index in [2.05, 4.69) is 16.9 Å². The van der Waals surface area contributed by atoms with E-state index >= 15 is 0 Å². The maximum Gasteiger partial charge on any atom is 0.335 e. The molecule has 9 N–H and O–H groups in total. The second-order valence-corrected chi connectivity index (χ2v) is 36.3. The van der Waals surface area contributed by atoms with Crippen molar-refractivity contribution in [2.24, 2.45) is 84.7 Å². The van der Waals surface area contributed by atoms with Crippen molar-refractivity contribution >= 4 is 22.5 Å². The molecule has 2 aromatic carbocycles. The van der Waals surface area contributed by atoms with Crippen LogP contribution in [0.3, 0.4) is 0 Å². The molecule has 4 heterocycles. The van der Waals surface area contributed by atoms with E-state index in [4.69, 9.17) is 18.9 Å². The molecule has 13 aliphatic carbocycles. The maximum atomic E-state index is 14.0. The quantitative estimate of drug-likeness (QED) is 0.0883. The van der Waals surface area contributed by atoms with Crippen LogP contribution < -0.4 is 15.6 Å². The normalized spacial score (nSPS) is 49.8. The third-order valence-electron chi connectivity index (χ3n) is 33.1. The molecule has 0 amide bonds. The Labute approximate surface area is 548 Å². The van der Waals surface area contributed by atoms with Crippen LogP contribution in [0.5, 0.6) is 17.2 Å². The number of Topliss-reactive ketones (excluding diaryl/α,β-unsaturated/α-hetero) is 1. The zero-order chi connectivity index (χ0) is 63.5. The monoisotopic (exact) mass is 1280 g/mol. The van der Waals surface area contributed by atoms with E-state index in [1.807, 2.05) is 0 Å². The summed E-state index contributed by atoms with van der Waals surface area (Å²) in [5, 5.41) is 84.6. The molecular weight excluding hydrogens is 1170 g/mol. The van der Waals surface area contributed by atoms with Crippen molar-refractivity contribution in [3.05, 3.63) is 51.6 Å². The van der Waals surface area contributed by atoms with Crippen molar-refractivity contribution in [3.63, 3.8) is 0 Å². The molecule has 22 atom stereocenters. The van der Waals surface area contributed by atoms with Crippen LogP contribution in [-0.2, 0) is 14.2 Å². The number of aliphatic hydroxyl groups is 4. The molecule has 10 spiro atoms. The number of ether oxygens (including phenoxy) is 4. The van der Waals surface area contributed by atoms with Crippen LogP contribution in [0.25, 0.3) is 10.8 Å². The average molecular weight is 1280 g/mol. The highest BCUT2D eigenvalue weighted by atomic mass is 16.7. The molecule has 2 aromatic rings. The summed E-state index contributed by atoms with van der Waals surface area (Å²) >= 11 is 0. The van der Waals surface area contributed by atoms with Crippen molar-refractivity contribution < 1.29 is 64.3 Å². The summed E-state index contributed by atoms with van der Waals surface area (Å²) < 4.78 is 29.4. The van der Waals surface area contributed by atoms with Gasteiger partial charge in [0.25, 0.3) is 0 Å². The lowest BCUT2D eigenvalue weighted by atomic mass is 9.38. The predicted octanol–water partition coefficient (Wildman–Crippen LogP) is 12.5. The first-order valence-electron chi connectivity index (χ1n) is 37.7. The fourth-order valence-electron chi connectivity index (χ4n) is 30.9. The number of phenols is 2. The third kappa shape index (κ3) is 7.61. The molecule has 0 radical (unpaired) electrons. The largest absolute Gasteiger partial charge is 0.507 e. The summed E-state index contributed by atoms with van der Waals surface area (Å²) in [7, 11) is 0. The van der Waals surface area contributed by atoms with Gasteiger partial charge in [0.15, 0.2) is 5.78 Å². The summed E-state index contributed by atoms with van der Waals surface area (Å²) in [6.07, 6.45) is 34.8. The van der Waals surface area contributed by atoms with E-state index in [-0.39, 0.29) is 86.3 Å². The zero-order valence-corrected chi connectivity index (χ0v) is 55.4. The van der Waals surface area contributed by atoms with Crippen molar-refractivity contribution in [1.29, 1.82) is 0 Å².